The number of nitrogens with one attached hydrogen (secondary N) is 2. The van der Waals surface area contributed by atoms with Crippen LogP contribution in [-0.2, 0) is 0 Å². The molecule has 0 fully saturated rings. The first-order chi connectivity index (χ1) is 18.0. The average Bonchev–Trinajstić information content (AvgIpc) is 3.38. The van der Waals surface area contributed by atoms with Gasteiger partial charge in [0.2, 0.25) is 0 Å². The number of benzene rings is 3. The van der Waals surface area contributed by atoms with Crippen molar-refractivity contribution in [2.24, 2.45) is 5.10 Å². The number of rotatable bonds is 10. The molecule has 0 bridgehead atoms. The van der Waals surface area contributed by atoms with E-state index < -0.39 is 0 Å². The standard InChI is InChI=1S/C28H25BrN4O3S/c1-4-13-36-26-15-23(29)21(14-25(26)35-3)16-30-33-27(34)20-9-7-19(8-10-20)24-17-37-28(32-24)31-22-11-5-18(2)6-12-22/h4-12,14-17H,1,13H2,2-3H3,(H,31,32)(H,33,34)/b30-16-. The van der Waals surface area contributed by atoms with Gasteiger partial charge in [-0.1, -0.05) is 42.5 Å². The number of aryl methyl sites for hydroxylation is 1. The zero-order valence-electron chi connectivity index (χ0n) is 20.3. The highest BCUT2D eigenvalue weighted by molar-refractivity contribution is 9.10. The summed E-state index contributed by atoms with van der Waals surface area (Å²) >= 11 is 5.02. The minimum Gasteiger partial charge on any atom is -0.493 e. The summed E-state index contributed by atoms with van der Waals surface area (Å²) in [6.07, 6.45) is 3.19. The Hall–Kier alpha value is -3.95. The van der Waals surface area contributed by atoms with Crippen LogP contribution < -0.4 is 20.2 Å². The number of nitrogens with zero attached hydrogens (tertiary/aromatic N) is 2. The number of hydrazone groups is 1. The lowest BCUT2D eigenvalue weighted by atomic mass is 10.1. The molecule has 1 heterocycles. The van der Waals surface area contributed by atoms with E-state index in [-0.39, 0.29) is 5.91 Å². The van der Waals surface area contributed by atoms with E-state index in [1.54, 1.807) is 37.5 Å². The number of methoxy groups -OCH3 is 1. The first kappa shape index (κ1) is 26.1. The summed E-state index contributed by atoms with van der Waals surface area (Å²) in [6, 6.07) is 18.9. The minimum absolute atomic E-state index is 0.322. The molecule has 0 aliphatic heterocycles. The van der Waals surface area contributed by atoms with Crippen LogP contribution >= 0.6 is 27.3 Å². The SMILES string of the molecule is C=CCOc1cc(Br)c(/C=N\NC(=O)c2ccc(-c3csc(Nc4ccc(C)cc4)n3)cc2)cc1OC. The predicted molar refractivity (Wildman–Crippen MR) is 153 cm³/mol. The van der Waals surface area contributed by atoms with Gasteiger partial charge in [-0.05, 0) is 59.3 Å². The number of hydrogen-bond donors (Lipinski definition) is 2. The molecule has 0 saturated carbocycles. The highest BCUT2D eigenvalue weighted by Crippen LogP contribution is 2.33. The summed E-state index contributed by atoms with van der Waals surface area (Å²) in [5.41, 5.74) is 7.71. The predicted octanol–water partition coefficient (Wildman–Crippen LogP) is 6.96. The van der Waals surface area contributed by atoms with Gasteiger partial charge in [0.15, 0.2) is 16.6 Å². The summed E-state index contributed by atoms with van der Waals surface area (Å²) in [5, 5.41) is 10.2. The molecule has 0 aliphatic rings. The monoisotopic (exact) mass is 576 g/mol. The van der Waals surface area contributed by atoms with Gasteiger partial charge in [0.25, 0.3) is 5.91 Å². The van der Waals surface area contributed by atoms with Crippen molar-refractivity contribution in [3.05, 3.63) is 99.9 Å². The molecule has 0 saturated heterocycles. The highest BCUT2D eigenvalue weighted by atomic mass is 79.9. The van der Waals surface area contributed by atoms with Crippen molar-refractivity contribution in [2.75, 3.05) is 19.0 Å². The fraction of sp³-hybridized carbons (Fsp3) is 0.107. The van der Waals surface area contributed by atoms with Crippen LogP contribution in [0.1, 0.15) is 21.5 Å². The van der Waals surface area contributed by atoms with E-state index >= 15 is 0 Å². The minimum atomic E-state index is -0.322. The van der Waals surface area contributed by atoms with E-state index in [0.717, 1.165) is 32.1 Å². The molecule has 0 unspecified atom stereocenters. The number of carbonyl (C=O) groups is 1. The van der Waals surface area contributed by atoms with Crippen LogP contribution in [-0.4, -0.2) is 30.8 Å². The van der Waals surface area contributed by atoms with Crippen molar-refractivity contribution >= 4 is 50.2 Å². The Morgan fingerprint density at radius 3 is 2.59 bits per heavy atom. The average molecular weight is 578 g/mol. The summed E-state index contributed by atoms with van der Waals surface area (Å²) < 4.78 is 11.7. The zero-order valence-corrected chi connectivity index (χ0v) is 22.7. The van der Waals surface area contributed by atoms with Crippen LogP contribution in [0.25, 0.3) is 11.3 Å². The van der Waals surface area contributed by atoms with Crippen LogP contribution in [0.3, 0.4) is 0 Å². The first-order valence-electron chi connectivity index (χ1n) is 11.3. The third-order valence-corrected chi connectivity index (χ3v) is 6.70. The lowest BCUT2D eigenvalue weighted by molar-refractivity contribution is 0.0955. The maximum Gasteiger partial charge on any atom is 0.271 e. The van der Waals surface area contributed by atoms with Gasteiger partial charge in [0.05, 0.1) is 19.0 Å². The second-order valence-electron chi connectivity index (χ2n) is 7.93. The lowest BCUT2D eigenvalue weighted by Gasteiger charge is -2.11. The Balaban J connectivity index is 1.38. The van der Waals surface area contributed by atoms with Gasteiger partial charge in [-0.2, -0.15) is 5.10 Å². The van der Waals surface area contributed by atoms with Crippen molar-refractivity contribution in [1.82, 2.24) is 10.4 Å². The van der Waals surface area contributed by atoms with Gasteiger partial charge in [-0.15, -0.1) is 11.3 Å². The van der Waals surface area contributed by atoms with Gasteiger partial charge in [-0.25, -0.2) is 10.4 Å². The molecule has 0 spiro atoms. The quantitative estimate of drug-likeness (QED) is 0.121. The van der Waals surface area contributed by atoms with Gasteiger partial charge in [0.1, 0.15) is 6.61 Å². The molecule has 0 radical (unpaired) electrons. The van der Waals surface area contributed by atoms with Gasteiger partial charge < -0.3 is 14.8 Å². The van der Waals surface area contributed by atoms with E-state index in [4.69, 9.17) is 9.47 Å². The fourth-order valence-corrected chi connectivity index (χ4v) is 4.48. The number of carbonyl (C=O) groups excluding carboxylic acids is 1. The fourth-order valence-electron chi connectivity index (χ4n) is 3.31. The number of halogens is 1. The third-order valence-electron chi connectivity index (χ3n) is 5.26. The first-order valence-corrected chi connectivity index (χ1v) is 13.0. The Bertz CT molecular complexity index is 1420. The molecule has 4 rings (SSSR count). The molecule has 37 heavy (non-hydrogen) atoms. The normalized spacial score (nSPS) is 10.8. The van der Waals surface area contributed by atoms with E-state index in [1.807, 2.05) is 29.6 Å². The Labute approximate surface area is 228 Å². The molecule has 1 aromatic heterocycles. The van der Waals surface area contributed by atoms with E-state index in [1.165, 1.54) is 23.1 Å². The van der Waals surface area contributed by atoms with E-state index in [0.29, 0.717) is 23.7 Å². The zero-order chi connectivity index (χ0) is 26.2. The number of hydrogen-bond acceptors (Lipinski definition) is 7. The Morgan fingerprint density at radius 2 is 1.89 bits per heavy atom. The van der Waals surface area contributed by atoms with Gasteiger partial charge in [0, 0.05) is 32.2 Å². The molecule has 188 valence electrons. The number of thiazole rings is 1. The second kappa shape index (κ2) is 12.3. The largest absolute Gasteiger partial charge is 0.493 e. The van der Waals surface area contributed by atoms with Crippen molar-refractivity contribution in [1.29, 1.82) is 0 Å². The molecule has 4 aromatic rings. The van der Waals surface area contributed by atoms with Crippen molar-refractivity contribution in [3.8, 4) is 22.8 Å². The smallest absolute Gasteiger partial charge is 0.271 e. The number of aromatic nitrogens is 1. The molecule has 3 aromatic carbocycles. The summed E-state index contributed by atoms with van der Waals surface area (Å²) in [5.74, 6) is 0.804. The molecule has 0 aliphatic carbocycles. The van der Waals surface area contributed by atoms with Gasteiger partial charge >= 0.3 is 0 Å². The van der Waals surface area contributed by atoms with Crippen LogP contribution in [0.15, 0.2) is 88.3 Å². The molecule has 2 N–H and O–H groups in total. The maximum absolute atomic E-state index is 12.6. The van der Waals surface area contributed by atoms with E-state index in [2.05, 4.69) is 62.4 Å². The third kappa shape index (κ3) is 6.84. The van der Waals surface area contributed by atoms with Crippen LogP contribution in [0, 0.1) is 6.92 Å². The van der Waals surface area contributed by atoms with Crippen molar-refractivity contribution in [2.45, 2.75) is 6.92 Å². The molecule has 7 nitrogen and oxygen atoms in total. The molecular weight excluding hydrogens is 552 g/mol. The molecule has 1 amide bonds. The van der Waals surface area contributed by atoms with Gasteiger partial charge in [-0.3, -0.25) is 4.79 Å². The number of ether oxygens (including phenoxy) is 2. The van der Waals surface area contributed by atoms with E-state index in [9.17, 15) is 4.79 Å². The molecular formula is C28H25BrN4O3S. The highest BCUT2D eigenvalue weighted by Gasteiger charge is 2.11. The second-order valence-corrected chi connectivity index (χ2v) is 9.64. The van der Waals surface area contributed by atoms with Crippen LogP contribution in [0.5, 0.6) is 11.5 Å². The number of amides is 1. The van der Waals surface area contributed by atoms with Crippen LogP contribution in [0.4, 0.5) is 10.8 Å². The lowest BCUT2D eigenvalue weighted by Crippen LogP contribution is -2.17. The summed E-state index contributed by atoms with van der Waals surface area (Å²) in [4.78, 5) is 17.2. The topological polar surface area (TPSA) is 84.8 Å². The van der Waals surface area contributed by atoms with Crippen molar-refractivity contribution < 1.29 is 14.3 Å². The summed E-state index contributed by atoms with van der Waals surface area (Å²) in [6.45, 7) is 6.06. The summed E-state index contributed by atoms with van der Waals surface area (Å²) in [7, 11) is 1.56. The maximum atomic E-state index is 12.6. The Kier molecular flexibility index (Phi) is 8.71. The molecule has 9 heteroatoms. The van der Waals surface area contributed by atoms with Crippen molar-refractivity contribution in [3.63, 3.8) is 0 Å². The van der Waals surface area contributed by atoms with Crippen LogP contribution in [0.2, 0.25) is 0 Å². The Morgan fingerprint density at radius 1 is 1.14 bits per heavy atom. The molecule has 0 atom stereocenters. The number of anilines is 2.